The highest BCUT2D eigenvalue weighted by atomic mass is 32.2. The summed E-state index contributed by atoms with van der Waals surface area (Å²) >= 11 is 0. The molecule has 6 heteroatoms. The Balaban J connectivity index is 3.24. The van der Waals surface area contributed by atoms with Crippen LogP contribution in [0.1, 0.15) is 18.1 Å². The van der Waals surface area contributed by atoms with Crippen molar-refractivity contribution in [1.29, 1.82) is 0 Å². The monoisotopic (exact) mass is 310 g/mol. The van der Waals surface area contributed by atoms with Gasteiger partial charge in [-0.3, -0.25) is 9.10 Å². The molecule has 1 rings (SSSR count). The molecule has 0 saturated heterocycles. The van der Waals surface area contributed by atoms with E-state index in [0.29, 0.717) is 12.2 Å². The number of carbonyl (C=O) groups excluding carboxylic acids is 1. The topological polar surface area (TPSA) is 66.5 Å². The van der Waals surface area contributed by atoms with Gasteiger partial charge in [0.15, 0.2) is 0 Å². The number of benzene rings is 1. The summed E-state index contributed by atoms with van der Waals surface area (Å²) in [5.41, 5.74) is 2.38. The van der Waals surface area contributed by atoms with Crippen LogP contribution >= 0.6 is 0 Å². The van der Waals surface area contributed by atoms with Crippen LogP contribution in [0, 0.1) is 13.8 Å². The number of amides is 1. The first kappa shape index (κ1) is 17.2. The Morgan fingerprint density at radius 3 is 2.29 bits per heavy atom. The average Bonchev–Trinajstić information content (AvgIpc) is 2.32. The molecule has 1 aromatic rings. The summed E-state index contributed by atoms with van der Waals surface area (Å²) in [6.45, 7) is 9.16. The fourth-order valence-corrected chi connectivity index (χ4v) is 3.37. The third-order valence-corrected chi connectivity index (χ3v) is 4.21. The van der Waals surface area contributed by atoms with Crippen LogP contribution in [0.2, 0.25) is 0 Å². The fourth-order valence-electron chi connectivity index (χ4n) is 2.21. The summed E-state index contributed by atoms with van der Waals surface area (Å²) in [6, 6.07) is 4.63. The molecule has 1 atom stereocenters. The van der Waals surface area contributed by atoms with Crippen LogP contribution in [0.3, 0.4) is 0 Å². The lowest BCUT2D eigenvalue weighted by atomic mass is 10.1. The van der Waals surface area contributed by atoms with E-state index in [1.807, 2.05) is 19.9 Å². The molecule has 0 spiro atoms. The molecule has 21 heavy (non-hydrogen) atoms. The lowest BCUT2D eigenvalue weighted by molar-refractivity contribution is -0.121. The number of nitrogens with zero attached hydrogens (tertiary/aromatic N) is 1. The van der Waals surface area contributed by atoms with Crippen molar-refractivity contribution < 1.29 is 13.2 Å². The van der Waals surface area contributed by atoms with Gasteiger partial charge in [0.1, 0.15) is 6.04 Å². The van der Waals surface area contributed by atoms with Gasteiger partial charge in [-0.1, -0.05) is 12.1 Å². The third-order valence-electron chi connectivity index (χ3n) is 2.97. The average molecular weight is 310 g/mol. The molecule has 5 nitrogen and oxygen atoms in total. The molecule has 0 bridgehead atoms. The van der Waals surface area contributed by atoms with Gasteiger partial charge in [0, 0.05) is 6.54 Å². The predicted octanol–water partition coefficient (Wildman–Crippen LogP) is 1.76. The summed E-state index contributed by atoms with van der Waals surface area (Å²) in [5, 5.41) is 2.62. The van der Waals surface area contributed by atoms with Gasteiger partial charge in [-0.2, -0.15) is 0 Å². The quantitative estimate of drug-likeness (QED) is 0.814. The van der Waals surface area contributed by atoms with Gasteiger partial charge in [0.2, 0.25) is 15.9 Å². The van der Waals surface area contributed by atoms with E-state index < -0.39 is 16.1 Å². The van der Waals surface area contributed by atoms with E-state index in [-0.39, 0.29) is 5.91 Å². The summed E-state index contributed by atoms with van der Waals surface area (Å²) in [5.74, 6) is -0.362. The molecular formula is C15H22N2O3S. The Morgan fingerprint density at radius 2 is 1.86 bits per heavy atom. The van der Waals surface area contributed by atoms with Crippen molar-refractivity contribution in [2.45, 2.75) is 26.8 Å². The van der Waals surface area contributed by atoms with E-state index in [1.165, 1.54) is 0 Å². The first-order valence-corrected chi connectivity index (χ1v) is 8.48. The number of anilines is 1. The van der Waals surface area contributed by atoms with Crippen molar-refractivity contribution in [3.05, 3.63) is 42.0 Å². The molecule has 1 N–H and O–H groups in total. The molecular weight excluding hydrogens is 288 g/mol. The van der Waals surface area contributed by atoms with Crippen LogP contribution in [0.25, 0.3) is 0 Å². The largest absolute Gasteiger partial charge is 0.351 e. The minimum atomic E-state index is -3.57. The highest BCUT2D eigenvalue weighted by molar-refractivity contribution is 7.92. The molecule has 0 aliphatic carbocycles. The standard InChI is InChI=1S/C15H22N2O3S/c1-6-7-16-15(18)13(4)17(21(5,19)20)14-9-11(2)8-12(3)10-14/h6,8-10,13H,1,7H2,2-5H3,(H,16,18)/t13-/m0/s1. The fraction of sp³-hybridized carbons (Fsp3) is 0.400. The normalized spacial score (nSPS) is 12.6. The van der Waals surface area contributed by atoms with E-state index in [1.54, 1.807) is 25.1 Å². The summed E-state index contributed by atoms with van der Waals surface area (Å²) in [6.07, 6.45) is 2.65. The van der Waals surface area contributed by atoms with Crippen LogP contribution in [0.4, 0.5) is 5.69 Å². The number of rotatable bonds is 6. The SMILES string of the molecule is C=CCNC(=O)[C@H](C)N(c1cc(C)cc(C)c1)S(C)(=O)=O. The highest BCUT2D eigenvalue weighted by Gasteiger charge is 2.28. The minimum Gasteiger partial charge on any atom is -0.351 e. The van der Waals surface area contributed by atoms with Gasteiger partial charge in [0.25, 0.3) is 0 Å². The van der Waals surface area contributed by atoms with Gasteiger partial charge < -0.3 is 5.32 Å². The molecule has 0 aliphatic heterocycles. The first-order valence-electron chi connectivity index (χ1n) is 6.63. The van der Waals surface area contributed by atoms with E-state index >= 15 is 0 Å². The molecule has 0 saturated carbocycles. The van der Waals surface area contributed by atoms with Crippen LogP contribution in [0.15, 0.2) is 30.9 Å². The Kier molecular flexibility index (Phi) is 5.54. The maximum absolute atomic E-state index is 12.1. The third kappa shape index (κ3) is 4.60. The number of hydrogen-bond donors (Lipinski definition) is 1. The van der Waals surface area contributed by atoms with Crippen molar-refractivity contribution in [2.75, 3.05) is 17.1 Å². The van der Waals surface area contributed by atoms with E-state index in [0.717, 1.165) is 21.7 Å². The molecule has 1 amide bonds. The first-order chi connectivity index (χ1) is 9.66. The molecule has 0 aromatic heterocycles. The summed E-state index contributed by atoms with van der Waals surface area (Å²) in [7, 11) is -3.57. The van der Waals surface area contributed by atoms with Gasteiger partial charge in [-0.05, 0) is 44.0 Å². The molecule has 1 aromatic carbocycles. The van der Waals surface area contributed by atoms with Gasteiger partial charge >= 0.3 is 0 Å². The van der Waals surface area contributed by atoms with Crippen molar-refractivity contribution >= 4 is 21.6 Å². The van der Waals surface area contributed by atoms with Gasteiger partial charge in [-0.15, -0.1) is 6.58 Å². The zero-order valence-electron chi connectivity index (χ0n) is 12.9. The van der Waals surface area contributed by atoms with Gasteiger partial charge in [0.05, 0.1) is 11.9 Å². The van der Waals surface area contributed by atoms with Crippen LogP contribution in [0.5, 0.6) is 0 Å². The van der Waals surface area contributed by atoms with E-state index in [4.69, 9.17) is 0 Å². The Bertz CT molecular complexity index is 618. The van der Waals surface area contributed by atoms with Crippen LogP contribution < -0.4 is 9.62 Å². The van der Waals surface area contributed by atoms with Crippen LogP contribution in [-0.2, 0) is 14.8 Å². The second-order valence-corrected chi connectivity index (χ2v) is 6.97. The lowest BCUT2D eigenvalue weighted by Crippen LogP contribution is -2.48. The smallest absolute Gasteiger partial charge is 0.243 e. The maximum Gasteiger partial charge on any atom is 0.243 e. The number of aryl methyl sites for hydroxylation is 2. The Labute approximate surface area is 126 Å². The Hall–Kier alpha value is -1.82. The van der Waals surface area contributed by atoms with Crippen molar-refractivity contribution in [3.63, 3.8) is 0 Å². The van der Waals surface area contributed by atoms with Crippen molar-refractivity contribution in [2.24, 2.45) is 0 Å². The molecule has 116 valence electrons. The molecule has 0 radical (unpaired) electrons. The number of sulfonamides is 1. The predicted molar refractivity (Wildman–Crippen MR) is 85.9 cm³/mol. The summed E-state index contributed by atoms with van der Waals surface area (Å²) < 4.78 is 25.3. The highest BCUT2D eigenvalue weighted by Crippen LogP contribution is 2.23. The van der Waals surface area contributed by atoms with Crippen LogP contribution in [-0.4, -0.2) is 33.2 Å². The number of hydrogen-bond acceptors (Lipinski definition) is 3. The second kappa shape index (κ2) is 6.76. The molecule has 0 heterocycles. The second-order valence-electron chi connectivity index (χ2n) is 5.11. The minimum absolute atomic E-state index is 0.299. The lowest BCUT2D eigenvalue weighted by Gasteiger charge is -2.28. The maximum atomic E-state index is 12.1. The zero-order valence-corrected chi connectivity index (χ0v) is 13.7. The number of nitrogens with one attached hydrogen (secondary N) is 1. The van der Waals surface area contributed by atoms with E-state index in [2.05, 4.69) is 11.9 Å². The molecule has 0 aliphatic rings. The van der Waals surface area contributed by atoms with E-state index in [9.17, 15) is 13.2 Å². The zero-order chi connectivity index (χ0) is 16.2. The molecule has 0 unspecified atom stereocenters. The van der Waals surface area contributed by atoms with Crippen molar-refractivity contribution in [3.8, 4) is 0 Å². The number of carbonyl (C=O) groups is 1. The van der Waals surface area contributed by atoms with Gasteiger partial charge in [-0.25, -0.2) is 8.42 Å². The summed E-state index contributed by atoms with van der Waals surface area (Å²) in [4.78, 5) is 12.1. The molecule has 0 fully saturated rings. The van der Waals surface area contributed by atoms with Crippen molar-refractivity contribution in [1.82, 2.24) is 5.32 Å². The Morgan fingerprint density at radius 1 is 1.33 bits per heavy atom.